The summed E-state index contributed by atoms with van der Waals surface area (Å²) in [7, 11) is 0. The first kappa shape index (κ1) is 31.1. The Morgan fingerprint density at radius 2 is 1.58 bits per heavy atom. The maximum Gasteiger partial charge on any atom is 0.449 e. The van der Waals surface area contributed by atoms with Crippen LogP contribution in [-0.2, 0) is 28.9 Å². The predicted molar refractivity (Wildman–Crippen MR) is 129 cm³/mol. The number of hydrogen-bond donors (Lipinski definition) is 1. The molecule has 1 atom stereocenters. The minimum Gasteiger partial charge on any atom is -0.343 e. The van der Waals surface area contributed by atoms with Gasteiger partial charge in [-0.05, 0) is 44.8 Å². The van der Waals surface area contributed by atoms with Crippen molar-refractivity contribution in [2.45, 2.75) is 71.8 Å². The number of carbonyl (C=O) groups is 2. The number of fused-ring (bicyclic) bond motifs is 1. The highest BCUT2D eigenvalue weighted by Gasteiger charge is 2.38. The maximum absolute atomic E-state index is 14.1. The Bertz CT molecular complexity index is 1080. The Labute approximate surface area is 217 Å². The SMILES string of the molecule is CC(=O)N1CCCC1.C\C(F)=C/C(F)=C(\C=C(/C)F)CC(N)CC(=O)N1CCn2c(cnc2C(F)(F)F)C1. The second kappa shape index (κ2) is 13.6. The molecule has 0 saturated carbocycles. The average molecular weight is 550 g/mol. The molecule has 0 radical (unpaired) electrons. The van der Waals surface area contributed by atoms with Crippen LogP contribution in [0.25, 0.3) is 0 Å². The highest BCUT2D eigenvalue weighted by Crippen LogP contribution is 2.30. The van der Waals surface area contributed by atoms with E-state index in [1.54, 1.807) is 6.92 Å². The van der Waals surface area contributed by atoms with Gasteiger partial charge in [0, 0.05) is 51.6 Å². The highest BCUT2D eigenvalue weighted by atomic mass is 19.4. The number of hydrogen-bond acceptors (Lipinski definition) is 4. The quantitative estimate of drug-likeness (QED) is 0.402. The van der Waals surface area contributed by atoms with Crippen LogP contribution < -0.4 is 5.73 Å². The standard InChI is InChI=1S/C19H22F6N4O.C6H11NO/c1-11(20)5-13(16(22)6-12(2)21)7-14(26)8-17(30)28-3-4-29-15(10-28)9-27-18(29)19(23,24)25;1-6(8)7-4-2-3-5-7/h5-6,9,14H,3-4,7-8,10,26H2,1-2H3;2-5H2,1H3/b11-5+,12-6+,16-13-;. The van der Waals surface area contributed by atoms with E-state index >= 15 is 0 Å². The number of imidazole rings is 1. The number of carbonyl (C=O) groups excluding carboxylic acids is 2. The molecule has 0 aromatic carbocycles. The molecule has 0 aliphatic carbocycles. The number of amides is 2. The van der Waals surface area contributed by atoms with Crippen molar-refractivity contribution in [2.24, 2.45) is 5.73 Å². The Kier molecular flexibility index (Phi) is 11.2. The largest absolute Gasteiger partial charge is 0.449 e. The molecule has 13 heteroatoms. The van der Waals surface area contributed by atoms with E-state index in [-0.39, 0.29) is 49.7 Å². The molecule has 38 heavy (non-hydrogen) atoms. The van der Waals surface area contributed by atoms with Gasteiger partial charge >= 0.3 is 6.18 Å². The first-order chi connectivity index (χ1) is 17.7. The molecule has 3 heterocycles. The molecule has 2 aliphatic heterocycles. The predicted octanol–water partition coefficient (Wildman–Crippen LogP) is 4.95. The number of alkyl halides is 3. The van der Waals surface area contributed by atoms with Gasteiger partial charge in [0.2, 0.25) is 17.6 Å². The summed E-state index contributed by atoms with van der Waals surface area (Å²) in [5, 5.41) is 0. The van der Waals surface area contributed by atoms with Gasteiger partial charge < -0.3 is 20.1 Å². The monoisotopic (exact) mass is 549 g/mol. The van der Waals surface area contributed by atoms with Gasteiger partial charge in [-0.1, -0.05) is 0 Å². The normalized spacial score (nSPS) is 17.9. The zero-order valence-corrected chi connectivity index (χ0v) is 21.6. The van der Waals surface area contributed by atoms with Crippen molar-refractivity contribution in [2.75, 3.05) is 19.6 Å². The molecule has 2 amide bonds. The lowest BCUT2D eigenvalue weighted by Gasteiger charge is -2.30. The molecule has 1 aromatic heterocycles. The van der Waals surface area contributed by atoms with E-state index in [2.05, 4.69) is 4.98 Å². The molecule has 7 nitrogen and oxygen atoms in total. The lowest BCUT2D eigenvalue weighted by molar-refractivity contribution is -0.148. The van der Waals surface area contributed by atoms with Crippen LogP contribution in [0.4, 0.5) is 26.3 Å². The topological polar surface area (TPSA) is 84.5 Å². The van der Waals surface area contributed by atoms with Crippen LogP contribution in [-0.4, -0.2) is 56.8 Å². The van der Waals surface area contributed by atoms with Gasteiger partial charge in [-0.3, -0.25) is 9.59 Å². The fourth-order valence-corrected chi connectivity index (χ4v) is 4.19. The Hall–Kier alpha value is -3.09. The number of halogens is 6. The fourth-order valence-electron chi connectivity index (χ4n) is 4.19. The first-order valence-electron chi connectivity index (χ1n) is 12.2. The fraction of sp³-hybridized carbons (Fsp3) is 0.560. The van der Waals surface area contributed by atoms with Crippen molar-refractivity contribution in [3.05, 3.63) is 52.9 Å². The second-order valence-corrected chi connectivity index (χ2v) is 9.25. The van der Waals surface area contributed by atoms with Crippen molar-refractivity contribution < 1.29 is 35.9 Å². The van der Waals surface area contributed by atoms with E-state index < -0.39 is 41.4 Å². The number of aromatic nitrogens is 2. The molecule has 1 unspecified atom stereocenters. The van der Waals surface area contributed by atoms with Gasteiger partial charge in [-0.25, -0.2) is 18.2 Å². The third kappa shape index (κ3) is 9.34. The summed E-state index contributed by atoms with van der Waals surface area (Å²) in [6.07, 6.45) is -0.141. The summed E-state index contributed by atoms with van der Waals surface area (Å²) in [4.78, 5) is 29.7. The van der Waals surface area contributed by atoms with E-state index in [0.29, 0.717) is 6.08 Å². The summed E-state index contributed by atoms with van der Waals surface area (Å²) in [6.45, 7) is 5.59. The lowest BCUT2D eigenvalue weighted by atomic mass is 10.0. The first-order valence-corrected chi connectivity index (χ1v) is 12.2. The molecule has 1 saturated heterocycles. The van der Waals surface area contributed by atoms with Gasteiger partial charge in [0.05, 0.1) is 30.1 Å². The third-order valence-electron chi connectivity index (χ3n) is 5.97. The minimum atomic E-state index is -4.59. The molecule has 2 aliphatic rings. The average Bonchev–Trinajstić information content (AvgIpc) is 3.47. The molecule has 0 bridgehead atoms. The van der Waals surface area contributed by atoms with E-state index in [4.69, 9.17) is 5.73 Å². The number of nitrogens with two attached hydrogens (primary N) is 1. The molecular formula is C25H33F6N5O2. The zero-order chi connectivity index (χ0) is 28.6. The van der Waals surface area contributed by atoms with E-state index in [9.17, 15) is 35.9 Å². The van der Waals surface area contributed by atoms with Crippen LogP contribution in [0.3, 0.4) is 0 Å². The molecule has 212 valence electrons. The summed E-state index contributed by atoms with van der Waals surface area (Å²) < 4.78 is 80.0. The highest BCUT2D eigenvalue weighted by molar-refractivity contribution is 5.77. The van der Waals surface area contributed by atoms with Crippen molar-refractivity contribution in [3.63, 3.8) is 0 Å². The Morgan fingerprint density at radius 1 is 0.974 bits per heavy atom. The zero-order valence-electron chi connectivity index (χ0n) is 21.6. The van der Waals surface area contributed by atoms with Crippen LogP contribution in [0.1, 0.15) is 58.0 Å². The Balaban J connectivity index is 0.000000538. The molecule has 1 aromatic rings. The smallest absolute Gasteiger partial charge is 0.343 e. The van der Waals surface area contributed by atoms with E-state index in [0.717, 1.165) is 43.8 Å². The van der Waals surface area contributed by atoms with Crippen LogP contribution in [0.15, 0.2) is 41.4 Å². The van der Waals surface area contributed by atoms with Crippen LogP contribution in [0, 0.1) is 0 Å². The van der Waals surface area contributed by atoms with Crippen LogP contribution in [0.5, 0.6) is 0 Å². The number of likely N-dealkylation sites (tertiary alicyclic amines) is 1. The van der Waals surface area contributed by atoms with Crippen LogP contribution in [0.2, 0.25) is 0 Å². The lowest BCUT2D eigenvalue weighted by Crippen LogP contribution is -2.41. The van der Waals surface area contributed by atoms with Gasteiger partial charge in [0.15, 0.2) is 0 Å². The molecule has 3 rings (SSSR count). The molecule has 0 spiro atoms. The Morgan fingerprint density at radius 3 is 2.08 bits per heavy atom. The summed E-state index contributed by atoms with van der Waals surface area (Å²) >= 11 is 0. The van der Waals surface area contributed by atoms with E-state index in [1.807, 2.05) is 4.90 Å². The molecular weight excluding hydrogens is 516 g/mol. The van der Waals surface area contributed by atoms with Gasteiger partial charge in [0.1, 0.15) is 5.83 Å². The van der Waals surface area contributed by atoms with Crippen molar-refractivity contribution in [1.29, 1.82) is 0 Å². The van der Waals surface area contributed by atoms with Gasteiger partial charge in [-0.15, -0.1) is 0 Å². The van der Waals surface area contributed by atoms with Gasteiger partial charge in [0.25, 0.3) is 0 Å². The minimum absolute atomic E-state index is 0.0301. The van der Waals surface area contributed by atoms with E-state index in [1.165, 1.54) is 17.7 Å². The van der Waals surface area contributed by atoms with Crippen molar-refractivity contribution in [1.82, 2.24) is 19.4 Å². The molecule has 1 fully saturated rings. The summed E-state index contributed by atoms with van der Waals surface area (Å²) in [5.74, 6) is -3.77. The number of nitrogens with zero attached hydrogens (tertiary/aromatic N) is 4. The number of allylic oxidation sites excluding steroid dienone is 5. The van der Waals surface area contributed by atoms with Gasteiger partial charge in [-0.2, -0.15) is 13.2 Å². The maximum atomic E-state index is 14.1. The van der Waals surface area contributed by atoms with Crippen molar-refractivity contribution >= 4 is 11.8 Å². The number of rotatable bonds is 6. The summed E-state index contributed by atoms with van der Waals surface area (Å²) in [5.41, 5.74) is 5.94. The molecule has 2 N–H and O–H groups in total. The second-order valence-electron chi connectivity index (χ2n) is 9.25. The summed E-state index contributed by atoms with van der Waals surface area (Å²) in [6, 6.07) is -0.903. The van der Waals surface area contributed by atoms with Crippen LogP contribution >= 0.6 is 0 Å². The third-order valence-corrected chi connectivity index (χ3v) is 5.97. The van der Waals surface area contributed by atoms with Crippen molar-refractivity contribution in [3.8, 4) is 0 Å².